The van der Waals surface area contributed by atoms with E-state index in [4.69, 9.17) is 25.8 Å². The Kier molecular flexibility index (Phi) is 4.84. The number of amides is 1. The number of methoxy groups -OCH3 is 2. The third-order valence-electron chi connectivity index (χ3n) is 6.40. The Morgan fingerprint density at radius 2 is 1.80 bits per heavy atom. The summed E-state index contributed by atoms with van der Waals surface area (Å²) >= 11 is 6.44. The monoisotopic (exact) mass is 433 g/mol. The van der Waals surface area contributed by atoms with Gasteiger partial charge in [0.2, 0.25) is 23.1 Å². The van der Waals surface area contributed by atoms with Crippen LogP contribution in [0.3, 0.4) is 0 Å². The second kappa shape index (κ2) is 7.01. The number of rotatable bonds is 3. The van der Waals surface area contributed by atoms with Crippen LogP contribution < -0.4 is 19.5 Å². The molecule has 1 spiro atoms. The number of allylic oxidation sites excluding steroid dienone is 1. The van der Waals surface area contributed by atoms with Gasteiger partial charge in [-0.05, 0) is 12.3 Å². The molecule has 0 saturated carbocycles. The topological polar surface area (TPSA) is 90.9 Å². The van der Waals surface area contributed by atoms with E-state index in [1.165, 1.54) is 20.3 Å². The maximum absolute atomic E-state index is 13.9. The lowest BCUT2D eigenvalue weighted by atomic mass is 9.65. The molecule has 3 atom stereocenters. The minimum atomic E-state index is -1.74. The minimum Gasteiger partial charge on any atom is -0.496 e. The van der Waals surface area contributed by atoms with Gasteiger partial charge in [0.15, 0.2) is 5.75 Å². The number of halogens is 1. The van der Waals surface area contributed by atoms with Gasteiger partial charge in [-0.2, -0.15) is 0 Å². The average Bonchev–Trinajstić information content (AvgIpc) is 3.01. The predicted octanol–water partition coefficient (Wildman–Crippen LogP) is 3.33. The molecule has 0 radical (unpaired) electrons. The van der Waals surface area contributed by atoms with E-state index in [-0.39, 0.29) is 52.0 Å². The Hall–Kier alpha value is -2.54. The Morgan fingerprint density at radius 3 is 2.40 bits per heavy atom. The highest BCUT2D eigenvalue weighted by Crippen LogP contribution is 2.54. The van der Waals surface area contributed by atoms with Crippen LogP contribution >= 0.6 is 11.6 Å². The fourth-order valence-electron chi connectivity index (χ4n) is 4.80. The SMILES string of the molecule is COc1cc(OC)c2c(c1Cl)O[C@@]1(C(=O)C3=C(C[C@H]1C)NC(=O)C[C@H]3C(C)C)C2=O. The van der Waals surface area contributed by atoms with Crippen molar-refractivity contribution in [3.05, 3.63) is 27.9 Å². The van der Waals surface area contributed by atoms with Crippen LogP contribution in [0.1, 0.15) is 44.0 Å². The second-order valence-electron chi connectivity index (χ2n) is 8.40. The van der Waals surface area contributed by atoms with Crippen molar-refractivity contribution in [1.29, 1.82) is 0 Å². The van der Waals surface area contributed by atoms with Crippen LogP contribution in [0.2, 0.25) is 5.02 Å². The van der Waals surface area contributed by atoms with E-state index in [0.29, 0.717) is 17.7 Å². The molecule has 30 heavy (non-hydrogen) atoms. The van der Waals surface area contributed by atoms with Crippen molar-refractivity contribution in [3.63, 3.8) is 0 Å². The van der Waals surface area contributed by atoms with Gasteiger partial charge in [-0.3, -0.25) is 14.4 Å². The summed E-state index contributed by atoms with van der Waals surface area (Å²) in [5.41, 5.74) is -0.518. The number of hydrogen-bond acceptors (Lipinski definition) is 6. The van der Waals surface area contributed by atoms with Gasteiger partial charge < -0.3 is 19.5 Å². The molecule has 3 aliphatic rings. The molecular weight excluding hydrogens is 410 g/mol. The van der Waals surface area contributed by atoms with Gasteiger partial charge in [0.25, 0.3) is 0 Å². The Labute approximate surface area is 179 Å². The van der Waals surface area contributed by atoms with Crippen LogP contribution in [-0.2, 0) is 9.59 Å². The molecule has 1 aromatic carbocycles. The Balaban J connectivity index is 1.90. The maximum Gasteiger partial charge on any atom is 0.236 e. The number of carbonyl (C=O) groups is 3. The lowest BCUT2D eigenvalue weighted by molar-refractivity contribution is -0.132. The Bertz CT molecular complexity index is 1010. The van der Waals surface area contributed by atoms with Crippen LogP contribution in [-0.4, -0.2) is 37.3 Å². The summed E-state index contributed by atoms with van der Waals surface area (Å²) in [7, 11) is 2.88. The molecule has 4 rings (SSSR count). The summed E-state index contributed by atoms with van der Waals surface area (Å²) in [6.07, 6.45) is 0.540. The first-order valence-corrected chi connectivity index (χ1v) is 10.3. The first-order valence-electron chi connectivity index (χ1n) is 9.93. The van der Waals surface area contributed by atoms with Gasteiger partial charge in [-0.15, -0.1) is 0 Å². The normalized spacial score (nSPS) is 27.8. The van der Waals surface area contributed by atoms with Gasteiger partial charge in [0.05, 0.1) is 14.2 Å². The number of benzene rings is 1. The molecule has 1 aliphatic carbocycles. The molecule has 160 valence electrons. The van der Waals surface area contributed by atoms with Crippen molar-refractivity contribution in [2.75, 3.05) is 14.2 Å². The fraction of sp³-hybridized carbons (Fsp3) is 0.500. The minimum absolute atomic E-state index is 0.0487. The van der Waals surface area contributed by atoms with E-state index in [2.05, 4.69) is 5.32 Å². The molecule has 1 aromatic rings. The van der Waals surface area contributed by atoms with Crippen molar-refractivity contribution in [3.8, 4) is 17.2 Å². The van der Waals surface area contributed by atoms with Crippen molar-refractivity contribution in [2.24, 2.45) is 17.8 Å². The second-order valence-corrected chi connectivity index (χ2v) is 8.77. The summed E-state index contributed by atoms with van der Waals surface area (Å²) in [6.45, 7) is 5.69. The quantitative estimate of drug-likeness (QED) is 0.735. The summed E-state index contributed by atoms with van der Waals surface area (Å²) in [4.78, 5) is 39.8. The molecular formula is C22H24ClNO6. The smallest absolute Gasteiger partial charge is 0.236 e. The van der Waals surface area contributed by atoms with Crippen molar-refractivity contribution >= 4 is 29.1 Å². The predicted molar refractivity (Wildman–Crippen MR) is 109 cm³/mol. The zero-order valence-corrected chi connectivity index (χ0v) is 18.3. The molecule has 1 N–H and O–H groups in total. The standard InChI is InChI=1S/C22H24ClNO6/c1-9(2)11-7-15(25)24-12-6-10(3)22(20(26)16(11)12)21(27)17-13(28-4)8-14(29-5)18(23)19(17)30-22/h8-11H,6-7H2,1-5H3,(H,24,25)/t10-,11+,22+/m1/s1. The highest BCUT2D eigenvalue weighted by molar-refractivity contribution is 6.36. The number of hydrogen-bond donors (Lipinski definition) is 1. The zero-order valence-electron chi connectivity index (χ0n) is 17.6. The number of fused-ring (bicyclic) bond motifs is 1. The van der Waals surface area contributed by atoms with Crippen molar-refractivity contribution in [2.45, 2.75) is 39.2 Å². The molecule has 0 unspecified atom stereocenters. The number of Topliss-reactive ketones (excluding diaryl/α,β-unsaturated/α-hetero) is 2. The van der Waals surface area contributed by atoms with Crippen LogP contribution in [0.4, 0.5) is 0 Å². The molecule has 0 bridgehead atoms. The fourth-order valence-corrected chi connectivity index (χ4v) is 5.06. The molecule has 2 heterocycles. The molecule has 8 heteroatoms. The third kappa shape index (κ3) is 2.61. The van der Waals surface area contributed by atoms with Gasteiger partial charge in [-0.25, -0.2) is 0 Å². The van der Waals surface area contributed by atoms with Gasteiger partial charge in [0.1, 0.15) is 22.1 Å². The van der Waals surface area contributed by atoms with Crippen molar-refractivity contribution in [1.82, 2.24) is 5.32 Å². The third-order valence-corrected chi connectivity index (χ3v) is 6.76. The zero-order chi connectivity index (χ0) is 22.0. The molecule has 0 fully saturated rings. The van der Waals surface area contributed by atoms with Gasteiger partial charge in [-0.1, -0.05) is 32.4 Å². The van der Waals surface area contributed by atoms with Crippen LogP contribution in [0, 0.1) is 17.8 Å². The summed E-state index contributed by atoms with van der Waals surface area (Å²) < 4.78 is 16.8. The lowest BCUT2D eigenvalue weighted by Gasteiger charge is -2.42. The molecule has 7 nitrogen and oxygen atoms in total. The average molecular weight is 434 g/mol. The summed E-state index contributed by atoms with van der Waals surface area (Å²) in [5, 5.41) is 2.96. The van der Waals surface area contributed by atoms with Crippen molar-refractivity contribution < 1.29 is 28.6 Å². The largest absolute Gasteiger partial charge is 0.496 e. The van der Waals surface area contributed by atoms with E-state index in [1.54, 1.807) is 6.92 Å². The highest BCUT2D eigenvalue weighted by atomic mass is 35.5. The molecule has 1 amide bonds. The molecule has 0 aromatic heterocycles. The maximum atomic E-state index is 13.9. The number of nitrogens with one attached hydrogen (secondary N) is 1. The summed E-state index contributed by atoms with van der Waals surface area (Å²) in [6, 6.07) is 1.52. The van der Waals surface area contributed by atoms with Crippen LogP contribution in [0.5, 0.6) is 17.2 Å². The first kappa shape index (κ1) is 20.7. The van der Waals surface area contributed by atoms with E-state index >= 15 is 0 Å². The number of ether oxygens (including phenoxy) is 3. The van der Waals surface area contributed by atoms with Crippen LogP contribution in [0.25, 0.3) is 0 Å². The molecule has 0 saturated heterocycles. The van der Waals surface area contributed by atoms with E-state index in [0.717, 1.165) is 0 Å². The van der Waals surface area contributed by atoms with E-state index in [9.17, 15) is 14.4 Å². The first-order chi connectivity index (χ1) is 14.2. The number of ketones is 2. The lowest BCUT2D eigenvalue weighted by Crippen LogP contribution is -2.59. The highest BCUT2D eigenvalue weighted by Gasteiger charge is 2.63. The molecule has 2 aliphatic heterocycles. The van der Waals surface area contributed by atoms with Gasteiger partial charge >= 0.3 is 0 Å². The Morgan fingerprint density at radius 1 is 1.13 bits per heavy atom. The summed E-state index contributed by atoms with van der Waals surface area (Å²) in [5.74, 6) is -1.10. The van der Waals surface area contributed by atoms with Gasteiger partial charge in [0, 0.05) is 35.6 Å². The van der Waals surface area contributed by atoms with E-state index < -0.39 is 23.1 Å². The number of carbonyl (C=O) groups excluding carboxylic acids is 3. The van der Waals surface area contributed by atoms with E-state index in [1.807, 2.05) is 13.8 Å². The van der Waals surface area contributed by atoms with Crippen LogP contribution in [0.15, 0.2) is 17.3 Å².